The molecular weight excluding hydrogens is 442 g/mol. The van der Waals surface area contributed by atoms with Crippen molar-refractivity contribution in [1.29, 1.82) is 0 Å². The first-order valence-electron chi connectivity index (χ1n) is 10.5. The largest absolute Gasteiger partial charge is 0.383 e. The number of aromatic amines is 2. The number of amides is 1. The molecule has 1 amide bonds. The number of ether oxygens (including phenoxy) is 1. The molecule has 2 heterocycles. The molecule has 0 atom stereocenters. The first kappa shape index (κ1) is 22.6. The van der Waals surface area contributed by atoms with Crippen LogP contribution in [-0.4, -0.2) is 50.6 Å². The number of rotatable bonds is 7. The highest BCUT2D eigenvalue weighted by Gasteiger charge is 2.19. The van der Waals surface area contributed by atoms with Gasteiger partial charge in [0.05, 0.1) is 35.0 Å². The van der Waals surface area contributed by atoms with Gasteiger partial charge in [-0.1, -0.05) is 12.1 Å². The predicted octanol–water partition coefficient (Wildman–Crippen LogP) is 2.60. The van der Waals surface area contributed by atoms with E-state index in [1.807, 2.05) is 6.92 Å². The van der Waals surface area contributed by atoms with Gasteiger partial charge in [-0.05, 0) is 49.5 Å². The van der Waals surface area contributed by atoms with Crippen LogP contribution in [0.25, 0.3) is 21.8 Å². The van der Waals surface area contributed by atoms with Gasteiger partial charge in [0.15, 0.2) is 4.77 Å². The van der Waals surface area contributed by atoms with Gasteiger partial charge in [0.1, 0.15) is 5.82 Å². The van der Waals surface area contributed by atoms with Crippen molar-refractivity contribution in [3.8, 4) is 0 Å². The molecular formula is C23H23N5O4S. The third-order valence-corrected chi connectivity index (χ3v) is 5.72. The van der Waals surface area contributed by atoms with Gasteiger partial charge in [-0.25, -0.2) is 4.98 Å². The summed E-state index contributed by atoms with van der Waals surface area (Å²) in [6.45, 7) is 2.98. The molecule has 4 rings (SSSR count). The van der Waals surface area contributed by atoms with Gasteiger partial charge in [0.25, 0.3) is 17.0 Å². The molecule has 0 aliphatic carbocycles. The van der Waals surface area contributed by atoms with Crippen LogP contribution in [0.1, 0.15) is 23.1 Å². The van der Waals surface area contributed by atoms with E-state index in [1.54, 1.807) is 54.5 Å². The number of hydrogen-bond donors (Lipinski definition) is 2. The summed E-state index contributed by atoms with van der Waals surface area (Å²) in [5.41, 5.74) is 0.955. The Morgan fingerprint density at radius 3 is 2.70 bits per heavy atom. The van der Waals surface area contributed by atoms with Crippen molar-refractivity contribution in [2.45, 2.75) is 20.0 Å². The average molecular weight is 466 g/mol. The molecule has 0 fully saturated rings. The van der Waals surface area contributed by atoms with Crippen LogP contribution in [0, 0.1) is 4.77 Å². The molecule has 0 saturated carbocycles. The van der Waals surface area contributed by atoms with Gasteiger partial charge >= 0.3 is 0 Å². The maximum Gasteiger partial charge on any atom is 0.262 e. The zero-order valence-corrected chi connectivity index (χ0v) is 19.1. The molecule has 2 N–H and O–H groups in total. The molecule has 0 radical (unpaired) electrons. The number of carbonyl (C=O) groups excluding carboxylic acids is 1. The van der Waals surface area contributed by atoms with E-state index < -0.39 is 0 Å². The Morgan fingerprint density at radius 2 is 1.94 bits per heavy atom. The van der Waals surface area contributed by atoms with Crippen LogP contribution >= 0.6 is 12.2 Å². The van der Waals surface area contributed by atoms with Crippen LogP contribution < -0.4 is 11.1 Å². The summed E-state index contributed by atoms with van der Waals surface area (Å²) in [6, 6.07) is 11.9. The molecule has 0 saturated heterocycles. The Morgan fingerprint density at radius 1 is 1.15 bits per heavy atom. The molecule has 4 aromatic rings. The summed E-state index contributed by atoms with van der Waals surface area (Å²) in [7, 11) is 1.55. The smallest absolute Gasteiger partial charge is 0.262 e. The minimum absolute atomic E-state index is 0.0910. The summed E-state index contributed by atoms with van der Waals surface area (Å²) in [4.78, 5) is 50.3. The number of H-pyrrole nitrogens is 2. The highest BCUT2D eigenvalue weighted by atomic mass is 32.1. The van der Waals surface area contributed by atoms with E-state index in [4.69, 9.17) is 17.0 Å². The molecule has 0 unspecified atom stereocenters. The van der Waals surface area contributed by atoms with Gasteiger partial charge in [-0.15, -0.1) is 0 Å². The van der Waals surface area contributed by atoms with E-state index in [-0.39, 0.29) is 30.1 Å². The van der Waals surface area contributed by atoms with Gasteiger partial charge in [0.2, 0.25) is 0 Å². The predicted molar refractivity (Wildman–Crippen MR) is 128 cm³/mol. The fourth-order valence-corrected chi connectivity index (χ4v) is 4.02. The van der Waals surface area contributed by atoms with Crippen LogP contribution in [-0.2, 0) is 17.8 Å². The summed E-state index contributed by atoms with van der Waals surface area (Å²) in [5.74, 6) is 0.0814. The van der Waals surface area contributed by atoms with Crippen molar-refractivity contribution >= 4 is 39.9 Å². The number of nitrogens with one attached hydrogen (secondary N) is 2. The lowest BCUT2D eigenvalue weighted by atomic mass is 10.1. The second-order valence-electron chi connectivity index (χ2n) is 7.49. The van der Waals surface area contributed by atoms with Crippen LogP contribution in [0.4, 0.5) is 0 Å². The van der Waals surface area contributed by atoms with E-state index in [1.165, 1.54) is 4.57 Å². The van der Waals surface area contributed by atoms with Crippen molar-refractivity contribution in [1.82, 2.24) is 24.4 Å². The Balaban J connectivity index is 1.71. The number of para-hydroxylation sites is 1. The van der Waals surface area contributed by atoms with Gasteiger partial charge in [-0.2, -0.15) is 0 Å². The second-order valence-corrected chi connectivity index (χ2v) is 7.88. The van der Waals surface area contributed by atoms with Crippen molar-refractivity contribution < 1.29 is 9.53 Å². The lowest BCUT2D eigenvalue weighted by molar-refractivity contribution is 0.0675. The molecule has 2 aromatic carbocycles. The van der Waals surface area contributed by atoms with E-state index in [0.717, 1.165) is 0 Å². The van der Waals surface area contributed by atoms with E-state index in [9.17, 15) is 14.4 Å². The molecule has 0 spiro atoms. The molecule has 10 heteroatoms. The fourth-order valence-electron chi connectivity index (χ4n) is 3.70. The van der Waals surface area contributed by atoms with Crippen LogP contribution in [0.3, 0.4) is 0 Å². The van der Waals surface area contributed by atoms with Crippen molar-refractivity contribution in [3.05, 3.63) is 79.3 Å². The van der Waals surface area contributed by atoms with Crippen LogP contribution in [0.2, 0.25) is 0 Å². The first-order chi connectivity index (χ1) is 15.9. The number of benzene rings is 2. The van der Waals surface area contributed by atoms with Crippen LogP contribution in [0.15, 0.2) is 52.1 Å². The zero-order valence-electron chi connectivity index (χ0n) is 18.3. The molecule has 0 bridgehead atoms. The average Bonchev–Trinajstić information content (AvgIpc) is 2.81. The number of methoxy groups -OCH3 is 1. The Hall–Kier alpha value is -3.63. The summed E-state index contributed by atoms with van der Waals surface area (Å²) >= 11 is 5.27. The number of hydrogen-bond acceptors (Lipinski definition) is 6. The maximum absolute atomic E-state index is 13.4. The standard InChI is InChI=1S/C23H23N5O4S/c1-3-28-22(31)16-9-8-14(12-18(16)25-23(28)33)21(30)27(10-11-32-2)13-19-24-17-7-5-4-6-15(17)20(29)26-19/h4-9,12H,3,10-11,13H2,1-2H3,(H,25,33)(H,24,26,29). The molecule has 170 valence electrons. The number of nitrogens with zero attached hydrogens (tertiary/aromatic N) is 3. The van der Waals surface area contributed by atoms with Crippen molar-refractivity contribution in [3.63, 3.8) is 0 Å². The lowest BCUT2D eigenvalue weighted by Gasteiger charge is -2.22. The lowest BCUT2D eigenvalue weighted by Crippen LogP contribution is -2.34. The van der Waals surface area contributed by atoms with Crippen molar-refractivity contribution in [2.75, 3.05) is 20.3 Å². The Kier molecular flexibility index (Phi) is 6.47. The minimum atomic E-state index is -0.288. The molecule has 0 aliphatic rings. The minimum Gasteiger partial charge on any atom is -0.383 e. The Labute approximate surface area is 193 Å². The monoisotopic (exact) mass is 465 g/mol. The summed E-state index contributed by atoms with van der Waals surface area (Å²) in [6.07, 6.45) is 0. The third-order valence-electron chi connectivity index (χ3n) is 5.40. The quantitative estimate of drug-likeness (QED) is 0.406. The third kappa shape index (κ3) is 4.48. The molecule has 9 nitrogen and oxygen atoms in total. The number of carbonyl (C=O) groups is 1. The molecule has 33 heavy (non-hydrogen) atoms. The Bertz CT molecular complexity index is 1520. The molecule has 0 aliphatic heterocycles. The highest BCUT2D eigenvalue weighted by molar-refractivity contribution is 7.71. The highest BCUT2D eigenvalue weighted by Crippen LogP contribution is 2.15. The summed E-state index contributed by atoms with van der Waals surface area (Å²) < 4.78 is 6.93. The van der Waals surface area contributed by atoms with E-state index in [0.29, 0.717) is 51.1 Å². The van der Waals surface area contributed by atoms with Gasteiger partial charge in [-0.3, -0.25) is 19.0 Å². The van der Waals surface area contributed by atoms with Gasteiger partial charge in [0, 0.05) is 25.8 Å². The normalized spacial score (nSPS) is 11.2. The van der Waals surface area contributed by atoms with E-state index >= 15 is 0 Å². The zero-order chi connectivity index (χ0) is 23.5. The van der Waals surface area contributed by atoms with Crippen molar-refractivity contribution in [2.24, 2.45) is 0 Å². The molecule has 2 aromatic heterocycles. The first-order valence-corrected chi connectivity index (χ1v) is 10.9. The fraction of sp³-hybridized carbons (Fsp3) is 0.261. The second kappa shape index (κ2) is 9.47. The number of aromatic nitrogens is 4. The van der Waals surface area contributed by atoms with E-state index in [2.05, 4.69) is 15.0 Å². The SMILES string of the molecule is CCn1c(=S)[nH]c2cc(C(=O)N(CCOC)Cc3nc4ccccc4c(=O)[nH]3)ccc2c1=O. The van der Waals surface area contributed by atoms with Gasteiger partial charge < -0.3 is 19.6 Å². The van der Waals surface area contributed by atoms with Crippen LogP contribution in [0.5, 0.6) is 0 Å². The number of fused-ring (bicyclic) bond motifs is 2. The summed E-state index contributed by atoms with van der Waals surface area (Å²) in [5, 5.41) is 0.935. The topological polar surface area (TPSA) is 113 Å². The maximum atomic E-state index is 13.4.